The Morgan fingerprint density at radius 2 is 1.80 bits per heavy atom. The van der Waals surface area contributed by atoms with Gasteiger partial charge in [-0.1, -0.05) is 30.3 Å². The van der Waals surface area contributed by atoms with Crippen molar-refractivity contribution in [2.75, 3.05) is 26.7 Å². The Kier molecular flexibility index (Phi) is 7.41. The molecule has 0 bridgehead atoms. The molecule has 1 amide bonds. The van der Waals surface area contributed by atoms with Crippen LogP contribution in [0.5, 0.6) is 5.75 Å². The van der Waals surface area contributed by atoms with Gasteiger partial charge in [0.05, 0.1) is 6.04 Å². The molecule has 2 aromatic carbocycles. The number of ether oxygens (including phenoxy) is 1. The number of rotatable bonds is 9. The highest BCUT2D eigenvalue weighted by Gasteiger charge is 2.10. The molecule has 2 rings (SSSR count). The molecule has 0 saturated carbocycles. The minimum Gasteiger partial charge on any atom is -0.492 e. The summed E-state index contributed by atoms with van der Waals surface area (Å²) in [5.74, 6) is 0.395. The van der Waals surface area contributed by atoms with E-state index in [9.17, 15) is 9.18 Å². The van der Waals surface area contributed by atoms with Crippen molar-refractivity contribution in [3.8, 4) is 5.75 Å². The van der Waals surface area contributed by atoms with Gasteiger partial charge in [-0.05, 0) is 43.8 Å². The van der Waals surface area contributed by atoms with Crippen molar-refractivity contribution < 1.29 is 13.9 Å². The molecule has 0 saturated heterocycles. The van der Waals surface area contributed by atoms with Gasteiger partial charge in [0, 0.05) is 19.5 Å². The molecular weight excluding hydrogens is 319 g/mol. The highest BCUT2D eigenvalue weighted by Crippen LogP contribution is 2.12. The summed E-state index contributed by atoms with van der Waals surface area (Å²) in [6.07, 6.45) is 0.435. The van der Waals surface area contributed by atoms with Crippen LogP contribution in [0.4, 0.5) is 4.39 Å². The van der Waals surface area contributed by atoms with E-state index in [0.29, 0.717) is 31.9 Å². The van der Waals surface area contributed by atoms with E-state index in [-0.39, 0.29) is 17.8 Å². The van der Waals surface area contributed by atoms with E-state index < -0.39 is 0 Å². The molecule has 0 heterocycles. The third-order valence-corrected chi connectivity index (χ3v) is 3.95. The third-order valence-electron chi connectivity index (χ3n) is 3.95. The lowest BCUT2D eigenvalue weighted by molar-refractivity contribution is -0.122. The number of amides is 1. The SMILES string of the molecule is CC(NC(=O)CCN(C)CCOc1ccc(F)cc1)c1ccccc1. The van der Waals surface area contributed by atoms with Crippen molar-refractivity contribution >= 4 is 5.91 Å². The van der Waals surface area contributed by atoms with Crippen molar-refractivity contribution in [1.82, 2.24) is 10.2 Å². The second kappa shape index (κ2) is 9.79. The Labute approximate surface area is 148 Å². The Morgan fingerprint density at radius 1 is 1.12 bits per heavy atom. The molecule has 0 aliphatic heterocycles. The summed E-state index contributed by atoms with van der Waals surface area (Å²) in [4.78, 5) is 14.1. The molecule has 0 aliphatic rings. The predicted octanol–water partition coefficient (Wildman–Crippen LogP) is 3.40. The van der Waals surface area contributed by atoms with Crippen LogP contribution in [0.25, 0.3) is 0 Å². The Balaban J connectivity index is 1.63. The Bertz CT molecular complexity index is 647. The number of likely N-dealkylation sites (N-methyl/N-ethyl adjacent to an activating group) is 1. The Hall–Kier alpha value is -2.40. The van der Waals surface area contributed by atoms with Crippen LogP contribution >= 0.6 is 0 Å². The summed E-state index contributed by atoms with van der Waals surface area (Å²) >= 11 is 0. The van der Waals surface area contributed by atoms with E-state index in [2.05, 4.69) is 5.32 Å². The number of halogens is 1. The fourth-order valence-corrected chi connectivity index (χ4v) is 2.39. The standard InChI is InChI=1S/C20H25FN2O2/c1-16(17-6-4-3-5-7-17)22-20(24)12-13-23(2)14-15-25-19-10-8-18(21)9-11-19/h3-11,16H,12-15H2,1-2H3,(H,22,24). The molecule has 5 heteroatoms. The molecule has 134 valence electrons. The van der Waals surface area contributed by atoms with Gasteiger partial charge in [0.2, 0.25) is 5.91 Å². The van der Waals surface area contributed by atoms with Gasteiger partial charge in [0.1, 0.15) is 18.2 Å². The summed E-state index contributed by atoms with van der Waals surface area (Å²) in [7, 11) is 1.95. The van der Waals surface area contributed by atoms with Crippen molar-refractivity contribution in [3.05, 3.63) is 66.0 Å². The number of carbonyl (C=O) groups is 1. The quantitative estimate of drug-likeness (QED) is 0.758. The highest BCUT2D eigenvalue weighted by molar-refractivity contribution is 5.76. The van der Waals surface area contributed by atoms with Gasteiger partial charge in [-0.2, -0.15) is 0 Å². The van der Waals surface area contributed by atoms with E-state index in [1.54, 1.807) is 12.1 Å². The normalized spacial score (nSPS) is 12.0. The number of nitrogens with zero attached hydrogens (tertiary/aromatic N) is 1. The topological polar surface area (TPSA) is 41.6 Å². The number of benzene rings is 2. The van der Waals surface area contributed by atoms with Gasteiger partial charge >= 0.3 is 0 Å². The minimum atomic E-state index is -0.278. The molecule has 2 aromatic rings. The van der Waals surface area contributed by atoms with E-state index in [4.69, 9.17) is 4.74 Å². The smallest absolute Gasteiger partial charge is 0.221 e. The van der Waals surface area contributed by atoms with Gasteiger partial charge in [0.15, 0.2) is 0 Å². The zero-order valence-electron chi connectivity index (χ0n) is 14.7. The summed E-state index contributed by atoms with van der Waals surface area (Å²) in [5.41, 5.74) is 1.09. The molecule has 4 nitrogen and oxygen atoms in total. The minimum absolute atomic E-state index is 0.000755. The molecule has 1 unspecified atom stereocenters. The monoisotopic (exact) mass is 344 g/mol. The number of hydrogen-bond acceptors (Lipinski definition) is 3. The summed E-state index contributed by atoms with van der Waals surface area (Å²) in [5, 5.41) is 3.01. The predicted molar refractivity (Wildman–Crippen MR) is 97.0 cm³/mol. The molecular formula is C20H25FN2O2. The lowest BCUT2D eigenvalue weighted by Crippen LogP contribution is -2.32. The van der Waals surface area contributed by atoms with Crippen LogP contribution in [0, 0.1) is 5.82 Å². The van der Waals surface area contributed by atoms with Gasteiger partial charge < -0.3 is 15.0 Å². The molecule has 0 spiro atoms. The average Bonchev–Trinajstić information content (AvgIpc) is 2.62. The fourth-order valence-electron chi connectivity index (χ4n) is 2.39. The van der Waals surface area contributed by atoms with Crippen molar-refractivity contribution in [3.63, 3.8) is 0 Å². The van der Waals surface area contributed by atoms with Crippen molar-refractivity contribution in [2.45, 2.75) is 19.4 Å². The number of hydrogen-bond donors (Lipinski definition) is 1. The van der Waals surface area contributed by atoms with Crippen molar-refractivity contribution in [2.24, 2.45) is 0 Å². The maximum atomic E-state index is 12.8. The average molecular weight is 344 g/mol. The summed E-state index contributed by atoms with van der Waals surface area (Å²) in [6.45, 7) is 3.82. The largest absolute Gasteiger partial charge is 0.492 e. The molecule has 0 radical (unpaired) electrons. The van der Waals surface area contributed by atoms with E-state index in [1.165, 1.54) is 12.1 Å². The first kappa shape index (κ1) is 18.9. The lowest BCUT2D eigenvalue weighted by Gasteiger charge is -2.18. The number of carbonyl (C=O) groups excluding carboxylic acids is 1. The molecule has 25 heavy (non-hydrogen) atoms. The van der Waals surface area contributed by atoms with E-state index in [1.807, 2.05) is 49.2 Å². The molecule has 0 aromatic heterocycles. The third kappa shape index (κ3) is 6.93. The van der Waals surface area contributed by atoms with Crippen LogP contribution in [-0.2, 0) is 4.79 Å². The fraction of sp³-hybridized carbons (Fsp3) is 0.350. The molecule has 0 aliphatic carbocycles. The second-order valence-electron chi connectivity index (χ2n) is 6.06. The second-order valence-corrected chi connectivity index (χ2v) is 6.06. The first-order valence-corrected chi connectivity index (χ1v) is 8.46. The van der Waals surface area contributed by atoms with E-state index >= 15 is 0 Å². The van der Waals surface area contributed by atoms with Crippen LogP contribution < -0.4 is 10.1 Å². The maximum Gasteiger partial charge on any atom is 0.221 e. The van der Waals surface area contributed by atoms with Gasteiger partial charge in [0.25, 0.3) is 0 Å². The van der Waals surface area contributed by atoms with Crippen LogP contribution in [0.2, 0.25) is 0 Å². The highest BCUT2D eigenvalue weighted by atomic mass is 19.1. The maximum absolute atomic E-state index is 12.8. The van der Waals surface area contributed by atoms with Crippen LogP contribution in [0.3, 0.4) is 0 Å². The molecule has 1 atom stereocenters. The van der Waals surface area contributed by atoms with Gasteiger partial charge in [-0.15, -0.1) is 0 Å². The van der Waals surface area contributed by atoms with Crippen LogP contribution in [-0.4, -0.2) is 37.6 Å². The van der Waals surface area contributed by atoms with Crippen molar-refractivity contribution in [1.29, 1.82) is 0 Å². The first-order valence-electron chi connectivity index (χ1n) is 8.46. The van der Waals surface area contributed by atoms with Crippen LogP contribution in [0.1, 0.15) is 24.9 Å². The summed E-state index contributed by atoms with van der Waals surface area (Å²) in [6, 6.07) is 15.9. The molecule has 0 fully saturated rings. The summed E-state index contributed by atoms with van der Waals surface area (Å²) < 4.78 is 18.4. The van der Waals surface area contributed by atoms with Gasteiger partial charge in [-0.3, -0.25) is 4.79 Å². The first-order chi connectivity index (χ1) is 12.0. The number of nitrogens with one attached hydrogen (secondary N) is 1. The molecule has 1 N–H and O–H groups in total. The van der Waals surface area contributed by atoms with E-state index in [0.717, 1.165) is 5.56 Å². The lowest BCUT2D eigenvalue weighted by atomic mass is 10.1. The van der Waals surface area contributed by atoms with Gasteiger partial charge in [-0.25, -0.2) is 4.39 Å². The zero-order valence-corrected chi connectivity index (χ0v) is 14.7. The Morgan fingerprint density at radius 3 is 2.48 bits per heavy atom. The zero-order chi connectivity index (χ0) is 18.1. The van der Waals surface area contributed by atoms with Crippen LogP contribution in [0.15, 0.2) is 54.6 Å².